The first-order chi connectivity index (χ1) is 12.5. The second-order valence-electron chi connectivity index (χ2n) is 5.29. The number of benzene rings is 1. The molecular weight excluding hydrogens is 394 g/mol. The number of hydrogen-bond acceptors (Lipinski definition) is 7. The molecule has 1 unspecified atom stereocenters. The quantitative estimate of drug-likeness (QED) is 0.238. The van der Waals surface area contributed by atoms with Crippen molar-refractivity contribution >= 4 is 27.3 Å². The minimum atomic E-state index is -4.88. The van der Waals surface area contributed by atoms with Crippen LogP contribution in [0.25, 0.3) is 0 Å². The van der Waals surface area contributed by atoms with Crippen molar-refractivity contribution in [1.82, 2.24) is 15.0 Å². The van der Waals surface area contributed by atoms with Crippen molar-refractivity contribution in [3.05, 3.63) is 35.3 Å². The fourth-order valence-electron chi connectivity index (χ4n) is 1.89. The lowest BCUT2D eigenvalue weighted by Gasteiger charge is -2.08. The molecule has 0 amide bonds. The molecule has 0 saturated carbocycles. The van der Waals surface area contributed by atoms with Gasteiger partial charge in [-0.1, -0.05) is 0 Å². The van der Waals surface area contributed by atoms with Gasteiger partial charge in [-0.25, -0.2) is 27.7 Å². The first-order valence-electron chi connectivity index (χ1n) is 7.23. The van der Waals surface area contributed by atoms with Gasteiger partial charge >= 0.3 is 6.18 Å². The SMILES string of the molecule is CS(=N)(=O)NCCNc1nonc1C(N)=Nc1ccc(F)c(C(F)(F)F)c1. The van der Waals surface area contributed by atoms with Crippen LogP contribution >= 0.6 is 0 Å². The first-order valence-corrected chi connectivity index (χ1v) is 9.20. The number of aliphatic imine (C=N–C) groups is 1. The van der Waals surface area contributed by atoms with Gasteiger partial charge in [-0.3, -0.25) is 0 Å². The number of halogens is 4. The van der Waals surface area contributed by atoms with Gasteiger partial charge in [-0.05, 0) is 28.5 Å². The molecule has 1 aromatic carbocycles. The molecule has 2 rings (SSSR count). The third-order valence-corrected chi connectivity index (χ3v) is 3.79. The summed E-state index contributed by atoms with van der Waals surface area (Å²) in [6.07, 6.45) is -3.67. The van der Waals surface area contributed by atoms with Crippen LogP contribution in [-0.2, 0) is 16.1 Å². The number of alkyl halides is 3. The molecule has 1 aromatic heterocycles. The zero-order valence-corrected chi connectivity index (χ0v) is 14.6. The molecule has 2 aromatic rings. The lowest BCUT2D eigenvalue weighted by Crippen LogP contribution is -2.27. The summed E-state index contributed by atoms with van der Waals surface area (Å²) in [5.74, 6) is -1.70. The Bertz CT molecular complexity index is 940. The molecule has 1 atom stereocenters. The lowest BCUT2D eigenvalue weighted by atomic mass is 10.2. The van der Waals surface area contributed by atoms with Gasteiger partial charge in [0.1, 0.15) is 15.7 Å². The van der Waals surface area contributed by atoms with E-state index in [2.05, 4.69) is 30.0 Å². The van der Waals surface area contributed by atoms with Crippen molar-refractivity contribution in [2.24, 2.45) is 10.7 Å². The molecule has 0 bridgehead atoms. The monoisotopic (exact) mass is 409 g/mol. The number of nitrogens with two attached hydrogens (primary N) is 1. The third-order valence-electron chi connectivity index (χ3n) is 3.03. The van der Waals surface area contributed by atoms with Crippen LogP contribution in [0.4, 0.5) is 29.1 Å². The Morgan fingerprint density at radius 3 is 2.70 bits per heavy atom. The Kier molecular flexibility index (Phi) is 6.00. The molecule has 27 heavy (non-hydrogen) atoms. The average molecular weight is 409 g/mol. The summed E-state index contributed by atoms with van der Waals surface area (Å²) < 4.78 is 76.9. The lowest BCUT2D eigenvalue weighted by molar-refractivity contribution is -0.139. The van der Waals surface area contributed by atoms with E-state index in [1.807, 2.05) is 0 Å². The van der Waals surface area contributed by atoms with Crippen molar-refractivity contribution in [3.63, 3.8) is 0 Å². The molecule has 0 aliphatic heterocycles. The van der Waals surface area contributed by atoms with E-state index in [9.17, 15) is 21.8 Å². The van der Waals surface area contributed by atoms with Crippen LogP contribution in [0.1, 0.15) is 11.3 Å². The number of amidine groups is 1. The maximum absolute atomic E-state index is 13.3. The van der Waals surface area contributed by atoms with Crippen LogP contribution in [0.2, 0.25) is 0 Å². The number of anilines is 1. The summed E-state index contributed by atoms with van der Waals surface area (Å²) in [7, 11) is -2.87. The van der Waals surface area contributed by atoms with Crippen molar-refractivity contribution in [1.29, 1.82) is 4.78 Å². The van der Waals surface area contributed by atoms with E-state index in [1.165, 1.54) is 6.26 Å². The van der Waals surface area contributed by atoms with Gasteiger partial charge in [-0.2, -0.15) is 13.2 Å². The largest absolute Gasteiger partial charge is 0.419 e. The topological polar surface area (TPSA) is 142 Å². The summed E-state index contributed by atoms with van der Waals surface area (Å²) in [5, 5.41) is 9.79. The van der Waals surface area contributed by atoms with Crippen LogP contribution in [-0.4, -0.2) is 39.7 Å². The molecule has 0 radical (unpaired) electrons. The number of rotatable bonds is 7. The average Bonchev–Trinajstić information content (AvgIpc) is 3.00. The predicted molar refractivity (Wildman–Crippen MR) is 89.4 cm³/mol. The highest BCUT2D eigenvalue weighted by Gasteiger charge is 2.34. The molecule has 0 aliphatic carbocycles. The Morgan fingerprint density at radius 1 is 1.37 bits per heavy atom. The van der Waals surface area contributed by atoms with Crippen LogP contribution in [0.3, 0.4) is 0 Å². The van der Waals surface area contributed by atoms with Gasteiger partial charge in [0.2, 0.25) is 5.82 Å². The number of nitrogens with one attached hydrogen (secondary N) is 3. The fraction of sp³-hybridized carbons (Fsp3) is 0.308. The van der Waals surface area contributed by atoms with Crippen LogP contribution < -0.4 is 15.8 Å². The molecule has 0 fully saturated rings. The van der Waals surface area contributed by atoms with E-state index in [0.29, 0.717) is 12.1 Å². The van der Waals surface area contributed by atoms with Crippen LogP contribution in [0.15, 0.2) is 27.8 Å². The zero-order chi connectivity index (χ0) is 20.2. The summed E-state index contributed by atoms with van der Waals surface area (Å²) in [6, 6.07) is 2.16. The second kappa shape index (κ2) is 7.87. The minimum Gasteiger partial charge on any atom is -0.382 e. The van der Waals surface area contributed by atoms with Crippen molar-refractivity contribution in [3.8, 4) is 0 Å². The Morgan fingerprint density at radius 2 is 2.07 bits per heavy atom. The number of nitrogens with zero attached hydrogens (tertiary/aromatic N) is 3. The van der Waals surface area contributed by atoms with Gasteiger partial charge in [-0.15, -0.1) is 0 Å². The van der Waals surface area contributed by atoms with Crippen molar-refractivity contribution in [2.75, 3.05) is 24.7 Å². The molecule has 9 nitrogen and oxygen atoms in total. The highest BCUT2D eigenvalue weighted by Crippen LogP contribution is 2.33. The third kappa shape index (κ3) is 5.89. The maximum Gasteiger partial charge on any atom is 0.419 e. The van der Waals surface area contributed by atoms with E-state index in [4.69, 9.17) is 10.5 Å². The second-order valence-corrected chi connectivity index (χ2v) is 7.26. The van der Waals surface area contributed by atoms with Gasteiger partial charge in [0.15, 0.2) is 11.5 Å². The van der Waals surface area contributed by atoms with Gasteiger partial charge in [0, 0.05) is 19.3 Å². The fourth-order valence-corrected chi connectivity index (χ4v) is 2.38. The first kappa shape index (κ1) is 20.6. The van der Waals surface area contributed by atoms with Gasteiger partial charge in [0.25, 0.3) is 0 Å². The summed E-state index contributed by atoms with van der Waals surface area (Å²) in [6.45, 7) is 0.321. The Labute approximate surface area is 151 Å². The molecule has 1 heterocycles. The Balaban J connectivity index is 2.17. The molecule has 148 valence electrons. The predicted octanol–water partition coefficient (Wildman–Crippen LogP) is 1.86. The Hall–Kier alpha value is -2.74. The van der Waals surface area contributed by atoms with E-state index in [1.54, 1.807) is 0 Å². The van der Waals surface area contributed by atoms with Crippen LogP contribution in [0, 0.1) is 10.6 Å². The van der Waals surface area contributed by atoms with E-state index < -0.39 is 27.5 Å². The smallest absolute Gasteiger partial charge is 0.382 e. The summed E-state index contributed by atoms with van der Waals surface area (Å²) in [5.41, 5.74) is 3.94. The molecule has 0 aliphatic rings. The van der Waals surface area contributed by atoms with E-state index in [-0.39, 0.29) is 36.1 Å². The van der Waals surface area contributed by atoms with Crippen molar-refractivity contribution < 1.29 is 26.4 Å². The highest BCUT2D eigenvalue weighted by atomic mass is 32.2. The van der Waals surface area contributed by atoms with Crippen LogP contribution in [0.5, 0.6) is 0 Å². The van der Waals surface area contributed by atoms with Gasteiger partial charge in [0.05, 0.1) is 11.3 Å². The normalized spacial score (nSPS) is 14.8. The molecule has 0 spiro atoms. The molecule has 5 N–H and O–H groups in total. The van der Waals surface area contributed by atoms with E-state index in [0.717, 1.165) is 6.07 Å². The standard InChI is InChI=1S/C13H15F4N7O2S/c1-27(19,25)21-5-4-20-12-10(23-26-24-12)11(18)22-7-2-3-9(14)8(6-7)13(15,16)17/h2-3,6H,4-5H2,1H3,(H2,18,22)(H,20,24)(H2,19,21,25). The zero-order valence-electron chi connectivity index (χ0n) is 13.8. The number of hydrogen-bond donors (Lipinski definition) is 4. The van der Waals surface area contributed by atoms with E-state index >= 15 is 0 Å². The maximum atomic E-state index is 13.3. The number of aromatic nitrogens is 2. The minimum absolute atomic E-state index is 0.0452. The highest BCUT2D eigenvalue weighted by molar-refractivity contribution is 7.89. The molecular formula is C13H15F4N7O2S. The summed E-state index contributed by atoms with van der Waals surface area (Å²) >= 11 is 0. The van der Waals surface area contributed by atoms with Gasteiger partial charge < -0.3 is 11.1 Å². The molecule has 14 heteroatoms. The summed E-state index contributed by atoms with van der Waals surface area (Å²) in [4.78, 5) is 3.78. The molecule has 0 saturated heterocycles. The van der Waals surface area contributed by atoms with Crippen molar-refractivity contribution in [2.45, 2.75) is 6.18 Å².